The first-order valence-electron chi connectivity index (χ1n) is 12.1. The summed E-state index contributed by atoms with van der Waals surface area (Å²) >= 11 is 0. The lowest BCUT2D eigenvalue weighted by Crippen LogP contribution is -2.06. The van der Waals surface area contributed by atoms with Gasteiger partial charge in [-0.1, -0.05) is 55.0 Å². The number of aromatic hydroxyl groups is 1. The summed E-state index contributed by atoms with van der Waals surface area (Å²) in [6, 6.07) is 6.69. The highest BCUT2D eigenvalue weighted by Crippen LogP contribution is 2.20. The standard InChI is InChI=1S/C29H36O5/c30-26-21-20-24-22-25(29(33)34-27(24)23-26)18-16-14-12-10-8-6-4-2-1-3-5-7-9-11-13-15-17-19-28(31)32/h1-2,5-8,11,13,20-23,30H,3-4,9-10,12,14-19H2,(H,31,32)/b2-1-,7-5-,8-6-,13-11-. The lowest BCUT2D eigenvalue weighted by atomic mass is 10.1. The molecule has 0 radical (unpaired) electrons. The number of unbranched alkanes of at least 4 members (excludes halogenated alkanes) is 4. The van der Waals surface area contributed by atoms with Crippen molar-refractivity contribution < 1.29 is 19.4 Å². The van der Waals surface area contributed by atoms with Gasteiger partial charge < -0.3 is 14.6 Å². The molecule has 2 N–H and O–H groups in total. The number of carboxylic acids is 1. The molecule has 0 aliphatic carbocycles. The van der Waals surface area contributed by atoms with E-state index in [0.717, 1.165) is 56.8 Å². The molecule has 1 aromatic heterocycles. The maximum absolute atomic E-state index is 12.1. The zero-order chi connectivity index (χ0) is 24.4. The molecule has 0 spiro atoms. The maximum Gasteiger partial charge on any atom is 0.339 e. The van der Waals surface area contributed by atoms with Crippen LogP contribution in [0.3, 0.4) is 0 Å². The third kappa shape index (κ3) is 11.5. The first kappa shape index (κ1) is 26.9. The van der Waals surface area contributed by atoms with E-state index in [1.165, 1.54) is 6.07 Å². The van der Waals surface area contributed by atoms with Gasteiger partial charge in [0.05, 0.1) is 0 Å². The van der Waals surface area contributed by atoms with Gasteiger partial charge in [-0.25, -0.2) is 4.79 Å². The first-order valence-corrected chi connectivity index (χ1v) is 12.1. The average Bonchev–Trinajstić information content (AvgIpc) is 2.80. The Morgan fingerprint density at radius 1 is 0.794 bits per heavy atom. The van der Waals surface area contributed by atoms with Gasteiger partial charge in [-0.05, 0) is 76.0 Å². The zero-order valence-corrected chi connectivity index (χ0v) is 19.8. The average molecular weight is 465 g/mol. The third-order valence-electron chi connectivity index (χ3n) is 5.35. The molecule has 0 fully saturated rings. The van der Waals surface area contributed by atoms with E-state index >= 15 is 0 Å². The van der Waals surface area contributed by atoms with E-state index in [4.69, 9.17) is 9.52 Å². The largest absolute Gasteiger partial charge is 0.508 e. The van der Waals surface area contributed by atoms with Gasteiger partial charge in [-0.3, -0.25) is 4.79 Å². The summed E-state index contributed by atoms with van der Waals surface area (Å²) in [4.78, 5) is 22.5. The molecule has 1 aromatic carbocycles. The van der Waals surface area contributed by atoms with Crippen LogP contribution >= 0.6 is 0 Å². The van der Waals surface area contributed by atoms with Crippen molar-refractivity contribution in [1.82, 2.24) is 0 Å². The molecule has 0 unspecified atom stereocenters. The highest BCUT2D eigenvalue weighted by molar-refractivity contribution is 5.78. The van der Waals surface area contributed by atoms with Gasteiger partial charge in [0.25, 0.3) is 0 Å². The molecule has 2 aromatic rings. The molecule has 1 heterocycles. The number of hydrogen-bond donors (Lipinski definition) is 2. The summed E-state index contributed by atoms with van der Waals surface area (Å²) in [7, 11) is 0. The highest BCUT2D eigenvalue weighted by atomic mass is 16.4. The molecule has 5 heteroatoms. The van der Waals surface area contributed by atoms with Crippen molar-refractivity contribution in [3.05, 3.63) is 88.9 Å². The van der Waals surface area contributed by atoms with Crippen molar-refractivity contribution in [2.45, 2.75) is 70.6 Å². The fourth-order valence-corrected chi connectivity index (χ4v) is 3.49. The SMILES string of the molecule is O=C(O)CCC/C=C\C/C=C\C/C=C\C/C=C\CCCCCc1cc2ccc(O)cc2oc1=O. The molecular formula is C29H36O5. The minimum absolute atomic E-state index is 0.0937. The van der Waals surface area contributed by atoms with Gasteiger partial charge in [-0.15, -0.1) is 0 Å². The van der Waals surface area contributed by atoms with Gasteiger partial charge >= 0.3 is 11.6 Å². The maximum atomic E-state index is 12.1. The number of aryl methyl sites for hydroxylation is 1. The van der Waals surface area contributed by atoms with E-state index in [9.17, 15) is 14.7 Å². The molecule has 2 rings (SSSR count). The number of carboxylic acid groups (broad SMARTS) is 1. The number of phenolic OH excluding ortho intramolecular Hbond substituents is 1. The number of fused-ring (bicyclic) bond motifs is 1. The number of aliphatic carboxylic acids is 1. The highest BCUT2D eigenvalue weighted by Gasteiger charge is 2.06. The van der Waals surface area contributed by atoms with E-state index < -0.39 is 5.97 Å². The van der Waals surface area contributed by atoms with Gasteiger partial charge in [-0.2, -0.15) is 0 Å². The van der Waals surface area contributed by atoms with E-state index in [1.807, 2.05) is 12.1 Å². The fourth-order valence-electron chi connectivity index (χ4n) is 3.49. The lowest BCUT2D eigenvalue weighted by Gasteiger charge is -2.03. The molecule has 0 amide bonds. The fraction of sp³-hybridized carbons (Fsp3) is 0.379. The third-order valence-corrected chi connectivity index (χ3v) is 5.35. The lowest BCUT2D eigenvalue weighted by molar-refractivity contribution is -0.137. The van der Waals surface area contributed by atoms with Gasteiger partial charge in [0, 0.05) is 23.4 Å². The van der Waals surface area contributed by atoms with Crippen LogP contribution in [-0.4, -0.2) is 16.2 Å². The number of benzene rings is 1. The van der Waals surface area contributed by atoms with Crippen molar-refractivity contribution in [2.75, 3.05) is 0 Å². The zero-order valence-electron chi connectivity index (χ0n) is 19.8. The number of hydrogen-bond acceptors (Lipinski definition) is 4. The second-order valence-corrected chi connectivity index (χ2v) is 8.26. The van der Waals surface area contributed by atoms with Crippen LogP contribution in [0.5, 0.6) is 5.75 Å². The Bertz CT molecular complexity index is 1060. The van der Waals surface area contributed by atoms with E-state index in [-0.39, 0.29) is 17.8 Å². The van der Waals surface area contributed by atoms with E-state index in [2.05, 4.69) is 42.5 Å². The van der Waals surface area contributed by atoms with Crippen molar-refractivity contribution in [3.8, 4) is 5.75 Å². The number of allylic oxidation sites excluding steroid dienone is 8. The van der Waals surface area contributed by atoms with Crippen molar-refractivity contribution >= 4 is 16.9 Å². The number of carbonyl (C=O) groups is 1. The predicted octanol–water partition coefficient (Wildman–Crippen LogP) is 7.25. The van der Waals surface area contributed by atoms with Crippen LogP contribution < -0.4 is 5.63 Å². The molecular weight excluding hydrogens is 428 g/mol. The summed E-state index contributed by atoms with van der Waals surface area (Å²) in [6.07, 6.45) is 26.5. The Labute approximate surface area is 201 Å². The Morgan fingerprint density at radius 3 is 2.06 bits per heavy atom. The van der Waals surface area contributed by atoms with Gasteiger partial charge in [0.15, 0.2) is 0 Å². The summed E-state index contributed by atoms with van der Waals surface area (Å²) in [5, 5.41) is 18.9. The molecule has 182 valence electrons. The molecule has 0 bridgehead atoms. The predicted molar refractivity (Wildman–Crippen MR) is 138 cm³/mol. The second-order valence-electron chi connectivity index (χ2n) is 8.26. The van der Waals surface area contributed by atoms with E-state index in [1.54, 1.807) is 12.1 Å². The van der Waals surface area contributed by atoms with Crippen LogP contribution in [0.1, 0.15) is 69.8 Å². The Hall–Kier alpha value is -3.34. The summed E-state index contributed by atoms with van der Waals surface area (Å²) in [6.45, 7) is 0. The van der Waals surface area contributed by atoms with Crippen molar-refractivity contribution in [3.63, 3.8) is 0 Å². The Morgan fingerprint density at radius 2 is 1.41 bits per heavy atom. The van der Waals surface area contributed by atoms with Gasteiger partial charge in [0.2, 0.25) is 0 Å². The Balaban J connectivity index is 1.49. The summed E-state index contributed by atoms with van der Waals surface area (Å²) in [5.41, 5.74) is 0.798. The second kappa shape index (κ2) is 16.3. The smallest absolute Gasteiger partial charge is 0.339 e. The van der Waals surface area contributed by atoms with Crippen molar-refractivity contribution in [1.29, 1.82) is 0 Å². The van der Waals surface area contributed by atoms with Crippen LogP contribution in [0, 0.1) is 0 Å². The van der Waals surface area contributed by atoms with E-state index in [0.29, 0.717) is 24.0 Å². The van der Waals surface area contributed by atoms with Gasteiger partial charge in [0.1, 0.15) is 11.3 Å². The monoisotopic (exact) mass is 464 g/mol. The molecule has 5 nitrogen and oxygen atoms in total. The first-order chi connectivity index (χ1) is 16.6. The molecule has 0 atom stereocenters. The quantitative estimate of drug-likeness (QED) is 0.155. The summed E-state index contributed by atoms with van der Waals surface area (Å²) < 4.78 is 5.31. The van der Waals surface area contributed by atoms with Crippen LogP contribution in [0.15, 0.2) is 82.1 Å². The van der Waals surface area contributed by atoms with Crippen LogP contribution in [0.4, 0.5) is 0 Å². The topological polar surface area (TPSA) is 87.7 Å². The molecule has 0 saturated carbocycles. The van der Waals surface area contributed by atoms with Crippen LogP contribution in [-0.2, 0) is 11.2 Å². The Kier molecular flexibility index (Phi) is 12.9. The van der Waals surface area contributed by atoms with Crippen molar-refractivity contribution in [2.24, 2.45) is 0 Å². The summed E-state index contributed by atoms with van der Waals surface area (Å²) in [5.74, 6) is -0.639. The minimum atomic E-state index is -0.733. The van der Waals surface area contributed by atoms with Crippen LogP contribution in [0.25, 0.3) is 11.0 Å². The number of rotatable bonds is 16. The van der Waals surface area contributed by atoms with Crippen LogP contribution in [0.2, 0.25) is 0 Å². The molecule has 0 saturated heterocycles. The molecule has 34 heavy (non-hydrogen) atoms. The molecule has 0 aliphatic rings. The number of phenols is 1. The minimum Gasteiger partial charge on any atom is -0.508 e. The molecule has 0 aliphatic heterocycles. The normalized spacial score (nSPS) is 12.2.